The van der Waals surface area contributed by atoms with Gasteiger partial charge in [0.25, 0.3) is 0 Å². The Morgan fingerprint density at radius 3 is 3.05 bits per heavy atom. The number of aliphatic imine (C=N–C) groups is 2. The van der Waals surface area contributed by atoms with E-state index in [1.165, 1.54) is 0 Å². The van der Waals surface area contributed by atoms with Gasteiger partial charge in [0.05, 0.1) is 19.0 Å². The highest BCUT2D eigenvalue weighted by atomic mass is 16.5. The van der Waals surface area contributed by atoms with Gasteiger partial charge in [-0.25, -0.2) is 4.99 Å². The van der Waals surface area contributed by atoms with Crippen LogP contribution in [0.15, 0.2) is 34.5 Å². The molecule has 0 saturated carbocycles. The molecule has 1 aromatic rings. The molecule has 1 fully saturated rings. The molecule has 2 aliphatic rings. The number of rotatable bonds is 3. The topological polar surface area (TPSA) is 96.9 Å². The van der Waals surface area contributed by atoms with Crippen molar-refractivity contribution in [1.29, 1.82) is 0 Å². The lowest BCUT2D eigenvalue weighted by Gasteiger charge is -2.31. The highest BCUT2D eigenvalue weighted by molar-refractivity contribution is 5.92. The molecule has 7 nitrogen and oxygen atoms in total. The van der Waals surface area contributed by atoms with Crippen molar-refractivity contribution < 1.29 is 4.74 Å². The van der Waals surface area contributed by atoms with Crippen LogP contribution in [0.1, 0.15) is 18.4 Å². The smallest absolute Gasteiger partial charge is 0.213 e. The van der Waals surface area contributed by atoms with Crippen LogP contribution in [0, 0.1) is 0 Å². The van der Waals surface area contributed by atoms with Crippen molar-refractivity contribution in [2.75, 3.05) is 13.2 Å². The Hall–Kier alpha value is -1.99. The number of pyridine rings is 1. The molecule has 3 rings (SSSR count). The lowest BCUT2D eigenvalue weighted by Crippen LogP contribution is -2.58. The van der Waals surface area contributed by atoms with E-state index in [4.69, 9.17) is 10.5 Å². The first kappa shape index (κ1) is 13.0. The molecule has 2 aliphatic heterocycles. The summed E-state index contributed by atoms with van der Waals surface area (Å²) in [4.78, 5) is 12.7. The number of guanidine groups is 1. The van der Waals surface area contributed by atoms with E-state index in [0.29, 0.717) is 12.5 Å². The Balaban J connectivity index is 1.71. The van der Waals surface area contributed by atoms with E-state index in [0.717, 1.165) is 25.0 Å². The monoisotopic (exact) mass is 274 g/mol. The summed E-state index contributed by atoms with van der Waals surface area (Å²) in [5, 5.41) is 6.07. The van der Waals surface area contributed by atoms with Crippen molar-refractivity contribution in [2.24, 2.45) is 15.7 Å². The molecular formula is C13H18N6O. The minimum Gasteiger partial charge on any atom is -0.376 e. The van der Waals surface area contributed by atoms with Gasteiger partial charge >= 0.3 is 0 Å². The zero-order valence-corrected chi connectivity index (χ0v) is 11.1. The van der Waals surface area contributed by atoms with Crippen LogP contribution in [0.4, 0.5) is 0 Å². The van der Waals surface area contributed by atoms with Crippen LogP contribution in [0.5, 0.6) is 0 Å². The SMILES string of the molecule is NC1(c2ccncc2)N=CNC(=NCC2CCCO2)N1. The molecule has 0 aliphatic carbocycles. The van der Waals surface area contributed by atoms with Crippen LogP contribution < -0.4 is 16.4 Å². The van der Waals surface area contributed by atoms with Gasteiger partial charge in [-0.3, -0.25) is 15.7 Å². The van der Waals surface area contributed by atoms with E-state index in [9.17, 15) is 0 Å². The van der Waals surface area contributed by atoms with Crippen molar-refractivity contribution in [2.45, 2.75) is 24.7 Å². The number of ether oxygens (including phenoxy) is 1. The van der Waals surface area contributed by atoms with Gasteiger partial charge in [0.2, 0.25) is 5.79 Å². The predicted molar refractivity (Wildman–Crippen MR) is 76.1 cm³/mol. The number of hydrogen-bond acceptors (Lipinski definition) is 5. The normalized spacial score (nSPS) is 31.1. The molecule has 0 aromatic carbocycles. The van der Waals surface area contributed by atoms with Gasteiger partial charge in [-0.1, -0.05) is 0 Å². The molecule has 0 radical (unpaired) electrons. The minimum absolute atomic E-state index is 0.207. The van der Waals surface area contributed by atoms with Crippen molar-refractivity contribution in [3.63, 3.8) is 0 Å². The zero-order chi connectivity index (χ0) is 13.8. The second-order valence-electron chi connectivity index (χ2n) is 4.85. The molecule has 1 saturated heterocycles. The van der Waals surface area contributed by atoms with E-state index in [-0.39, 0.29) is 6.10 Å². The number of hydrogen-bond donors (Lipinski definition) is 3. The van der Waals surface area contributed by atoms with E-state index < -0.39 is 5.79 Å². The highest BCUT2D eigenvalue weighted by Gasteiger charge is 2.29. The first-order valence-corrected chi connectivity index (χ1v) is 6.70. The second-order valence-corrected chi connectivity index (χ2v) is 4.85. The number of nitrogens with one attached hydrogen (secondary N) is 2. The van der Waals surface area contributed by atoms with Crippen LogP contribution in [-0.4, -0.2) is 36.5 Å². The Labute approximate surface area is 117 Å². The zero-order valence-electron chi connectivity index (χ0n) is 11.1. The summed E-state index contributed by atoms with van der Waals surface area (Å²) in [6.45, 7) is 1.45. The molecule has 106 valence electrons. The average Bonchev–Trinajstić information content (AvgIpc) is 3.00. The summed E-state index contributed by atoms with van der Waals surface area (Å²) in [5.74, 6) is -0.404. The molecule has 20 heavy (non-hydrogen) atoms. The third-order valence-electron chi connectivity index (χ3n) is 3.38. The fourth-order valence-corrected chi connectivity index (χ4v) is 2.26. The van der Waals surface area contributed by atoms with Gasteiger partial charge in [0.1, 0.15) is 0 Å². The predicted octanol–water partition coefficient (Wildman–Crippen LogP) is -0.0933. The van der Waals surface area contributed by atoms with E-state index in [1.807, 2.05) is 12.1 Å². The van der Waals surface area contributed by atoms with E-state index in [2.05, 4.69) is 25.6 Å². The Morgan fingerprint density at radius 1 is 1.45 bits per heavy atom. The van der Waals surface area contributed by atoms with Crippen molar-refractivity contribution in [1.82, 2.24) is 15.6 Å². The van der Waals surface area contributed by atoms with Gasteiger partial charge in [0, 0.05) is 24.6 Å². The van der Waals surface area contributed by atoms with E-state index >= 15 is 0 Å². The fraction of sp³-hybridized carbons (Fsp3) is 0.462. The molecule has 2 unspecified atom stereocenters. The standard InChI is InChI=1S/C13H18N6O/c14-13(10-3-5-15-6-4-10)18-9-17-12(19-13)16-8-11-2-1-7-20-11/h3-6,9,11H,1-2,7-8,14H2,(H2,16,17,18,19). The third kappa shape index (κ3) is 2.78. The summed E-state index contributed by atoms with van der Waals surface area (Å²) in [7, 11) is 0. The van der Waals surface area contributed by atoms with Crippen molar-refractivity contribution in [3.8, 4) is 0 Å². The second kappa shape index (κ2) is 5.56. The van der Waals surface area contributed by atoms with Gasteiger partial charge in [0.15, 0.2) is 5.96 Å². The molecule has 2 atom stereocenters. The van der Waals surface area contributed by atoms with Gasteiger partial charge < -0.3 is 15.4 Å². The van der Waals surface area contributed by atoms with Crippen LogP contribution in [-0.2, 0) is 10.5 Å². The number of aromatic nitrogens is 1. The van der Waals surface area contributed by atoms with Crippen molar-refractivity contribution in [3.05, 3.63) is 30.1 Å². The summed E-state index contributed by atoms with van der Waals surface area (Å²) >= 11 is 0. The molecule has 1 aromatic heterocycles. The molecule has 3 heterocycles. The van der Waals surface area contributed by atoms with E-state index in [1.54, 1.807) is 18.7 Å². The lowest BCUT2D eigenvalue weighted by atomic mass is 10.1. The fourth-order valence-electron chi connectivity index (χ4n) is 2.26. The summed E-state index contributed by atoms with van der Waals surface area (Å²) in [6, 6.07) is 3.65. The summed E-state index contributed by atoms with van der Waals surface area (Å²) in [5.41, 5.74) is 7.09. The maximum Gasteiger partial charge on any atom is 0.213 e. The maximum atomic E-state index is 6.27. The third-order valence-corrected chi connectivity index (χ3v) is 3.38. The van der Waals surface area contributed by atoms with Gasteiger partial charge in [-0.2, -0.15) is 0 Å². The minimum atomic E-state index is -1.01. The Morgan fingerprint density at radius 2 is 2.30 bits per heavy atom. The van der Waals surface area contributed by atoms with Crippen LogP contribution in [0.2, 0.25) is 0 Å². The van der Waals surface area contributed by atoms with Crippen LogP contribution >= 0.6 is 0 Å². The van der Waals surface area contributed by atoms with Crippen LogP contribution in [0.25, 0.3) is 0 Å². The molecule has 7 heteroatoms. The first-order chi connectivity index (χ1) is 9.76. The van der Waals surface area contributed by atoms with Crippen molar-refractivity contribution >= 4 is 12.3 Å². The molecule has 4 N–H and O–H groups in total. The molecule has 0 spiro atoms. The Kier molecular flexibility index (Phi) is 3.62. The van der Waals surface area contributed by atoms with Crippen LogP contribution in [0.3, 0.4) is 0 Å². The lowest BCUT2D eigenvalue weighted by molar-refractivity contribution is 0.117. The van der Waals surface area contributed by atoms with Gasteiger partial charge in [-0.05, 0) is 25.0 Å². The Bertz CT molecular complexity index is 511. The number of nitrogens with zero attached hydrogens (tertiary/aromatic N) is 3. The average molecular weight is 274 g/mol. The molecule has 0 amide bonds. The van der Waals surface area contributed by atoms with Gasteiger partial charge in [-0.15, -0.1) is 0 Å². The quantitative estimate of drug-likeness (QED) is 0.715. The molecule has 0 bridgehead atoms. The first-order valence-electron chi connectivity index (χ1n) is 6.70. The summed E-state index contributed by atoms with van der Waals surface area (Å²) in [6.07, 6.45) is 7.31. The maximum absolute atomic E-state index is 6.27. The summed E-state index contributed by atoms with van der Waals surface area (Å²) < 4.78 is 5.54. The largest absolute Gasteiger partial charge is 0.376 e. The molecular weight excluding hydrogens is 256 g/mol. The highest BCUT2D eigenvalue weighted by Crippen LogP contribution is 2.17. The number of nitrogens with two attached hydrogens (primary N) is 1.